The maximum atomic E-state index is 13.4. The van der Waals surface area contributed by atoms with Crippen molar-refractivity contribution >= 4 is 11.6 Å². The molecule has 1 atom stereocenters. The molecule has 0 spiro atoms. The maximum absolute atomic E-state index is 13.4. The number of hydrogen-bond donors (Lipinski definition) is 1. The van der Waals surface area contributed by atoms with Crippen LogP contribution in [-0.2, 0) is 18.4 Å². The number of amides is 1. The van der Waals surface area contributed by atoms with Crippen LogP contribution in [0.2, 0.25) is 0 Å². The van der Waals surface area contributed by atoms with E-state index >= 15 is 0 Å². The minimum absolute atomic E-state index is 0.0335. The van der Waals surface area contributed by atoms with E-state index in [4.69, 9.17) is 0 Å². The molecule has 0 unspecified atom stereocenters. The molecule has 0 saturated carbocycles. The highest BCUT2D eigenvalue weighted by Crippen LogP contribution is 2.24. The predicted molar refractivity (Wildman–Crippen MR) is 109 cm³/mol. The molecule has 150 valence electrons. The van der Waals surface area contributed by atoms with E-state index in [-0.39, 0.29) is 17.6 Å². The van der Waals surface area contributed by atoms with Crippen LogP contribution >= 0.6 is 0 Å². The van der Waals surface area contributed by atoms with Crippen molar-refractivity contribution in [2.75, 3.05) is 18.4 Å². The van der Waals surface area contributed by atoms with Crippen LogP contribution in [0.4, 0.5) is 10.1 Å². The molecule has 0 bridgehead atoms. The standard InChI is InChI=1S/C22H24FN5O/c1-27-15-24-26-21(27)14-28-11-3-5-18(13-28)22(29)25-20-9-7-16(8-10-20)17-4-2-6-19(23)12-17/h2,4,6-10,12,15,18H,3,5,11,13-14H2,1H3,(H,25,29)/t18-/m1/s1. The van der Waals surface area contributed by atoms with Gasteiger partial charge in [0, 0.05) is 19.3 Å². The largest absolute Gasteiger partial charge is 0.326 e. The number of hydrogen-bond acceptors (Lipinski definition) is 4. The molecule has 1 aliphatic heterocycles. The smallest absolute Gasteiger partial charge is 0.228 e. The lowest BCUT2D eigenvalue weighted by Gasteiger charge is -2.31. The van der Waals surface area contributed by atoms with Gasteiger partial charge >= 0.3 is 0 Å². The normalized spacial score (nSPS) is 17.2. The highest BCUT2D eigenvalue weighted by molar-refractivity contribution is 5.93. The number of halogens is 1. The first-order chi connectivity index (χ1) is 14.1. The van der Waals surface area contributed by atoms with Gasteiger partial charge in [-0.25, -0.2) is 4.39 Å². The number of aromatic nitrogens is 3. The second-order valence-corrected chi connectivity index (χ2v) is 7.51. The van der Waals surface area contributed by atoms with E-state index < -0.39 is 0 Å². The Kier molecular flexibility index (Phi) is 5.67. The van der Waals surface area contributed by atoms with Gasteiger partial charge in [0.2, 0.25) is 5.91 Å². The van der Waals surface area contributed by atoms with Crippen LogP contribution in [-0.4, -0.2) is 38.7 Å². The number of nitrogens with zero attached hydrogens (tertiary/aromatic N) is 4. The third kappa shape index (κ3) is 4.68. The number of carbonyl (C=O) groups excluding carboxylic acids is 1. The van der Waals surface area contributed by atoms with Crippen molar-refractivity contribution in [2.45, 2.75) is 19.4 Å². The number of likely N-dealkylation sites (tertiary alicyclic amines) is 1. The summed E-state index contributed by atoms with van der Waals surface area (Å²) in [6.45, 7) is 2.36. The van der Waals surface area contributed by atoms with Crippen LogP contribution < -0.4 is 5.32 Å². The molecule has 7 heteroatoms. The van der Waals surface area contributed by atoms with Crippen LogP contribution in [0, 0.1) is 11.7 Å². The Balaban J connectivity index is 1.36. The lowest BCUT2D eigenvalue weighted by molar-refractivity contribution is -0.121. The zero-order valence-electron chi connectivity index (χ0n) is 16.4. The first-order valence-corrected chi connectivity index (χ1v) is 9.80. The topological polar surface area (TPSA) is 63.1 Å². The number of nitrogens with one attached hydrogen (secondary N) is 1. The van der Waals surface area contributed by atoms with Gasteiger partial charge < -0.3 is 9.88 Å². The molecule has 2 aromatic carbocycles. The fraction of sp³-hybridized carbons (Fsp3) is 0.318. The molecule has 4 rings (SSSR count). The van der Waals surface area contributed by atoms with Gasteiger partial charge in [-0.1, -0.05) is 24.3 Å². The maximum Gasteiger partial charge on any atom is 0.228 e. The van der Waals surface area contributed by atoms with Gasteiger partial charge in [-0.05, 0) is 54.8 Å². The molecule has 1 aliphatic rings. The molecule has 1 fully saturated rings. The van der Waals surface area contributed by atoms with E-state index in [2.05, 4.69) is 20.4 Å². The summed E-state index contributed by atoms with van der Waals surface area (Å²) in [6, 6.07) is 14.0. The molecule has 1 aromatic heterocycles. The zero-order valence-corrected chi connectivity index (χ0v) is 16.4. The summed E-state index contributed by atoms with van der Waals surface area (Å²) in [6.07, 6.45) is 3.55. The molecule has 2 heterocycles. The van der Waals surface area contributed by atoms with Crippen LogP contribution in [0.3, 0.4) is 0 Å². The number of rotatable bonds is 5. The van der Waals surface area contributed by atoms with Crippen molar-refractivity contribution < 1.29 is 9.18 Å². The van der Waals surface area contributed by atoms with E-state index in [1.54, 1.807) is 12.4 Å². The van der Waals surface area contributed by atoms with Gasteiger partial charge in [-0.3, -0.25) is 9.69 Å². The van der Waals surface area contributed by atoms with Gasteiger partial charge in [0.25, 0.3) is 0 Å². The fourth-order valence-electron chi connectivity index (χ4n) is 3.72. The highest BCUT2D eigenvalue weighted by Gasteiger charge is 2.26. The second-order valence-electron chi connectivity index (χ2n) is 7.51. The SMILES string of the molecule is Cn1cnnc1CN1CCC[C@@H](C(=O)Nc2ccc(-c3cccc(F)c3)cc2)C1. The van der Waals surface area contributed by atoms with Gasteiger partial charge in [0.15, 0.2) is 0 Å². The zero-order chi connectivity index (χ0) is 20.2. The Labute approximate surface area is 169 Å². The molecule has 29 heavy (non-hydrogen) atoms. The molecule has 0 radical (unpaired) electrons. The number of piperidine rings is 1. The van der Waals surface area contributed by atoms with Crippen molar-refractivity contribution in [3.05, 3.63) is 66.5 Å². The Morgan fingerprint density at radius 3 is 2.76 bits per heavy atom. The summed E-state index contributed by atoms with van der Waals surface area (Å²) in [5.41, 5.74) is 2.48. The van der Waals surface area contributed by atoms with Gasteiger partial charge in [-0.15, -0.1) is 10.2 Å². The Morgan fingerprint density at radius 2 is 2.03 bits per heavy atom. The minimum Gasteiger partial charge on any atom is -0.326 e. The first-order valence-electron chi connectivity index (χ1n) is 9.80. The van der Waals surface area contributed by atoms with Crippen LogP contribution in [0.1, 0.15) is 18.7 Å². The summed E-state index contributed by atoms with van der Waals surface area (Å²) < 4.78 is 15.3. The molecule has 0 aliphatic carbocycles. The van der Waals surface area contributed by atoms with Gasteiger partial charge in [-0.2, -0.15) is 0 Å². The quantitative estimate of drug-likeness (QED) is 0.721. The average molecular weight is 393 g/mol. The summed E-state index contributed by atoms with van der Waals surface area (Å²) in [7, 11) is 1.93. The number of benzene rings is 2. The van der Waals surface area contributed by atoms with Gasteiger partial charge in [0.1, 0.15) is 18.0 Å². The predicted octanol–water partition coefficient (Wildman–Crippen LogP) is 3.47. The summed E-state index contributed by atoms with van der Waals surface area (Å²) in [5, 5.41) is 11.1. The van der Waals surface area contributed by atoms with E-state index in [0.29, 0.717) is 13.1 Å². The van der Waals surface area contributed by atoms with Crippen molar-refractivity contribution in [3.63, 3.8) is 0 Å². The highest BCUT2D eigenvalue weighted by atomic mass is 19.1. The summed E-state index contributed by atoms with van der Waals surface area (Å²) >= 11 is 0. The molecular weight excluding hydrogens is 369 g/mol. The summed E-state index contributed by atoms with van der Waals surface area (Å²) in [4.78, 5) is 15.0. The van der Waals surface area contributed by atoms with Crippen molar-refractivity contribution in [1.82, 2.24) is 19.7 Å². The Hall–Kier alpha value is -3.06. The molecule has 1 N–H and O–H groups in total. The molecule has 6 nitrogen and oxygen atoms in total. The van der Waals surface area contributed by atoms with Crippen molar-refractivity contribution in [2.24, 2.45) is 13.0 Å². The molecule has 1 amide bonds. The van der Waals surface area contributed by atoms with Crippen molar-refractivity contribution in [3.8, 4) is 11.1 Å². The van der Waals surface area contributed by atoms with Gasteiger partial charge in [0.05, 0.1) is 12.5 Å². The second kappa shape index (κ2) is 8.53. The van der Waals surface area contributed by atoms with Crippen molar-refractivity contribution in [1.29, 1.82) is 0 Å². The van der Waals surface area contributed by atoms with Crippen LogP contribution in [0.15, 0.2) is 54.9 Å². The lowest BCUT2D eigenvalue weighted by Crippen LogP contribution is -2.40. The van der Waals surface area contributed by atoms with E-state index in [1.165, 1.54) is 12.1 Å². The van der Waals surface area contributed by atoms with E-state index in [9.17, 15) is 9.18 Å². The molecule has 1 saturated heterocycles. The Morgan fingerprint density at radius 1 is 1.21 bits per heavy atom. The first kappa shape index (κ1) is 19.3. The van der Waals surface area contributed by atoms with Crippen LogP contribution in [0.25, 0.3) is 11.1 Å². The fourth-order valence-corrected chi connectivity index (χ4v) is 3.72. The third-order valence-corrected chi connectivity index (χ3v) is 5.36. The van der Waals surface area contributed by atoms with Crippen LogP contribution in [0.5, 0.6) is 0 Å². The molecular formula is C22H24FN5O. The number of aryl methyl sites for hydroxylation is 1. The van der Waals surface area contributed by atoms with E-state index in [0.717, 1.165) is 42.0 Å². The Bertz CT molecular complexity index is 985. The average Bonchev–Trinajstić information content (AvgIpc) is 3.13. The monoisotopic (exact) mass is 393 g/mol. The molecule has 3 aromatic rings. The minimum atomic E-state index is -0.261. The number of anilines is 1. The van der Waals surface area contributed by atoms with E-state index in [1.807, 2.05) is 41.9 Å². The number of carbonyl (C=O) groups is 1. The third-order valence-electron chi connectivity index (χ3n) is 5.36. The summed E-state index contributed by atoms with van der Waals surface area (Å²) in [5.74, 6) is 0.619. The lowest BCUT2D eigenvalue weighted by atomic mass is 9.97.